The average molecular weight is 454 g/mol. The topological polar surface area (TPSA) is 76.4 Å². The third-order valence-corrected chi connectivity index (χ3v) is 4.47. The maximum Gasteiger partial charge on any atom is 0.226 e. The van der Waals surface area contributed by atoms with Gasteiger partial charge in [0.1, 0.15) is 12.0 Å². The zero-order valence-electron chi connectivity index (χ0n) is 14.7. The zero-order chi connectivity index (χ0) is 16.8. The van der Waals surface area contributed by atoms with Crippen LogP contribution in [0.5, 0.6) is 0 Å². The van der Waals surface area contributed by atoms with E-state index >= 15 is 0 Å². The molecule has 0 spiro atoms. The summed E-state index contributed by atoms with van der Waals surface area (Å²) in [6.07, 6.45) is 9.21. The van der Waals surface area contributed by atoms with Crippen molar-refractivity contribution in [2.45, 2.75) is 58.0 Å². The molecule has 3 rings (SSSR count). The molecule has 1 fully saturated rings. The Hall–Kier alpha value is -1.57. The van der Waals surface area contributed by atoms with Crippen LogP contribution in [0.3, 0.4) is 0 Å². The summed E-state index contributed by atoms with van der Waals surface area (Å²) < 4.78 is 5.55. The zero-order valence-corrected chi connectivity index (χ0v) is 17.0. The molecule has 3 N–H and O–H groups in total. The molecule has 25 heavy (non-hydrogen) atoms. The van der Waals surface area contributed by atoms with E-state index in [2.05, 4.69) is 22.2 Å². The number of aryl methyl sites for hydroxylation is 1. The van der Waals surface area contributed by atoms with Crippen molar-refractivity contribution in [3.63, 3.8) is 0 Å². The number of oxazole rings is 1. The molecule has 1 aliphatic carbocycles. The predicted octanol–water partition coefficient (Wildman–Crippen LogP) is 4.40. The fourth-order valence-corrected chi connectivity index (χ4v) is 3.05. The lowest BCUT2D eigenvalue weighted by Crippen LogP contribution is -2.39. The second-order valence-corrected chi connectivity index (χ2v) is 6.54. The number of hydrogen-bond acceptors (Lipinski definition) is 3. The highest BCUT2D eigenvalue weighted by atomic mass is 127. The quantitative estimate of drug-likeness (QED) is 0.311. The molecule has 5 nitrogen and oxygen atoms in total. The summed E-state index contributed by atoms with van der Waals surface area (Å²) in [4.78, 5) is 8.89. The number of nitrogens with zero attached hydrogens (tertiary/aromatic N) is 2. The molecule has 1 heterocycles. The highest BCUT2D eigenvalue weighted by Crippen LogP contribution is 2.19. The number of rotatable bonds is 4. The first-order chi connectivity index (χ1) is 11.7. The number of aromatic nitrogens is 1. The number of hydrogen-bond donors (Lipinski definition) is 2. The van der Waals surface area contributed by atoms with Gasteiger partial charge in [-0.2, -0.15) is 0 Å². The number of nitrogens with two attached hydrogens (primary N) is 1. The van der Waals surface area contributed by atoms with E-state index in [1.165, 1.54) is 44.1 Å². The summed E-state index contributed by atoms with van der Waals surface area (Å²) in [6, 6.07) is 8.57. The van der Waals surface area contributed by atoms with Gasteiger partial charge in [-0.15, -0.1) is 24.0 Å². The van der Waals surface area contributed by atoms with Crippen molar-refractivity contribution in [1.29, 1.82) is 0 Å². The standard InChI is InChI=1S/C19H26N4O.HI/c1-14-8-10-15(11-9-14)18-22-17(13-24-18)12-21-19(20)23-16-6-4-2-3-5-7-16;/h8-11,13,16H,2-7,12H2,1H3,(H3,20,21,23);1H. The van der Waals surface area contributed by atoms with Crippen LogP contribution in [0, 0.1) is 6.92 Å². The van der Waals surface area contributed by atoms with Gasteiger partial charge in [0.25, 0.3) is 0 Å². The number of halogens is 1. The van der Waals surface area contributed by atoms with E-state index in [0.29, 0.717) is 24.4 Å². The Morgan fingerprint density at radius 3 is 2.56 bits per heavy atom. The van der Waals surface area contributed by atoms with Gasteiger partial charge >= 0.3 is 0 Å². The number of guanidine groups is 1. The summed E-state index contributed by atoms with van der Waals surface area (Å²) >= 11 is 0. The van der Waals surface area contributed by atoms with Crippen LogP contribution in [0.25, 0.3) is 11.5 Å². The van der Waals surface area contributed by atoms with Crippen LogP contribution in [-0.2, 0) is 6.54 Å². The molecular weight excluding hydrogens is 427 g/mol. The first kappa shape index (κ1) is 19.8. The normalized spacial score (nSPS) is 16.1. The van der Waals surface area contributed by atoms with E-state index in [1.54, 1.807) is 6.26 Å². The van der Waals surface area contributed by atoms with Crippen LogP contribution in [0.1, 0.15) is 49.8 Å². The molecule has 136 valence electrons. The Kier molecular flexibility index (Phi) is 7.74. The van der Waals surface area contributed by atoms with E-state index in [9.17, 15) is 0 Å². The van der Waals surface area contributed by atoms with Gasteiger partial charge in [0.05, 0.1) is 6.54 Å². The van der Waals surface area contributed by atoms with Crippen molar-refractivity contribution in [1.82, 2.24) is 10.3 Å². The fraction of sp³-hybridized carbons (Fsp3) is 0.474. The van der Waals surface area contributed by atoms with Gasteiger partial charge in [-0.3, -0.25) is 0 Å². The summed E-state index contributed by atoms with van der Waals surface area (Å²) in [5, 5.41) is 3.34. The molecule has 0 radical (unpaired) electrons. The first-order valence-electron chi connectivity index (χ1n) is 8.78. The summed E-state index contributed by atoms with van der Waals surface area (Å²) in [7, 11) is 0. The number of aliphatic imine (C=N–C) groups is 1. The van der Waals surface area contributed by atoms with Crippen molar-refractivity contribution in [3.8, 4) is 11.5 Å². The molecule has 0 bridgehead atoms. The van der Waals surface area contributed by atoms with Crippen molar-refractivity contribution in [3.05, 3.63) is 41.8 Å². The van der Waals surface area contributed by atoms with Gasteiger partial charge in [0.15, 0.2) is 5.96 Å². The van der Waals surface area contributed by atoms with Crippen LogP contribution in [0.15, 0.2) is 39.9 Å². The second kappa shape index (κ2) is 9.79. The van der Waals surface area contributed by atoms with Crippen LogP contribution < -0.4 is 11.1 Å². The molecule has 1 saturated carbocycles. The Balaban J connectivity index is 0.00000225. The summed E-state index contributed by atoms with van der Waals surface area (Å²) in [5.74, 6) is 1.12. The minimum atomic E-state index is 0. The van der Waals surface area contributed by atoms with Gasteiger partial charge in [-0.05, 0) is 31.9 Å². The van der Waals surface area contributed by atoms with Gasteiger partial charge in [-0.25, -0.2) is 9.98 Å². The first-order valence-corrected chi connectivity index (χ1v) is 8.78. The number of benzene rings is 1. The van der Waals surface area contributed by atoms with Crippen LogP contribution >= 0.6 is 24.0 Å². The minimum absolute atomic E-state index is 0. The maximum atomic E-state index is 6.02. The molecule has 0 atom stereocenters. The third-order valence-electron chi connectivity index (χ3n) is 4.47. The summed E-state index contributed by atoms with van der Waals surface area (Å²) in [6.45, 7) is 2.49. The van der Waals surface area contributed by atoms with Gasteiger partial charge in [-0.1, -0.05) is 43.4 Å². The molecule has 0 amide bonds. The monoisotopic (exact) mass is 454 g/mol. The summed E-state index contributed by atoms with van der Waals surface area (Å²) in [5.41, 5.74) is 8.99. The predicted molar refractivity (Wildman–Crippen MR) is 112 cm³/mol. The lowest BCUT2D eigenvalue weighted by Gasteiger charge is -2.16. The van der Waals surface area contributed by atoms with E-state index in [1.807, 2.05) is 24.3 Å². The molecule has 1 aromatic heterocycles. The van der Waals surface area contributed by atoms with Crippen LogP contribution in [-0.4, -0.2) is 17.0 Å². The lowest BCUT2D eigenvalue weighted by atomic mass is 10.1. The van der Waals surface area contributed by atoms with Crippen molar-refractivity contribution >= 4 is 29.9 Å². The van der Waals surface area contributed by atoms with Crippen molar-refractivity contribution in [2.24, 2.45) is 10.7 Å². The van der Waals surface area contributed by atoms with E-state index < -0.39 is 0 Å². The molecule has 0 unspecified atom stereocenters. The van der Waals surface area contributed by atoms with Crippen LogP contribution in [0.2, 0.25) is 0 Å². The highest BCUT2D eigenvalue weighted by Gasteiger charge is 2.12. The largest absolute Gasteiger partial charge is 0.444 e. The SMILES string of the molecule is Cc1ccc(-c2nc(CN=C(N)NC3CCCCCC3)co2)cc1.I. The molecule has 6 heteroatoms. The lowest BCUT2D eigenvalue weighted by molar-refractivity contribution is 0.530. The molecule has 1 aliphatic rings. The maximum absolute atomic E-state index is 6.02. The Bertz CT molecular complexity index is 673. The van der Waals surface area contributed by atoms with Gasteiger partial charge < -0.3 is 15.5 Å². The fourth-order valence-electron chi connectivity index (χ4n) is 3.05. The smallest absolute Gasteiger partial charge is 0.226 e. The van der Waals surface area contributed by atoms with Crippen molar-refractivity contribution < 1.29 is 4.42 Å². The van der Waals surface area contributed by atoms with Crippen molar-refractivity contribution in [2.75, 3.05) is 0 Å². The Morgan fingerprint density at radius 2 is 1.88 bits per heavy atom. The molecule has 1 aromatic carbocycles. The minimum Gasteiger partial charge on any atom is -0.444 e. The Morgan fingerprint density at radius 1 is 1.20 bits per heavy atom. The van der Waals surface area contributed by atoms with Gasteiger partial charge in [0.2, 0.25) is 5.89 Å². The van der Waals surface area contributed by atoms with E-state index in [4.69, 9.17) is 10.2 Å². The average Bonchev–Trinajstić information content (AvgIpc) is 2.91. The molecule has 2 aromatic rings. The molecule has 0 aliphatic heterocycles. The Labute approximate surface area is 166 Å². The molecular formula is C19H27IN4O. The van der Waals surface area contributed by atoms with E-state index in [0.717, 1.165) is 11.3 Å². The number of nitrogens with one attached hydrogen (secondary N) is 1. The van der Waals surface area contributed by atoms with E-state index in [-0.39, 0.29) is 24.0 Å². The highest BCUT2D eigenvalue weighted by molar-refractivity contribution is 14.0. The second-order valence-electron chi connectivity index (χ2n) is 6.54. The molecule has 0 saturated heterocycles. The van der Waals surface area contributed by atoms with Crippen LogP contribution in [0.4, 0.5) is 0 Å². The third kappa shape index (κ3) is 6.02. The van der Waals surface area contributed by atoms with Gasteiger partial charge in [0, 0.05) is 11.6 Å².